The van der Waals surface area contributed by atoms with Gasteiger partial charge in [-0.3, -0.25) is 9.13 Å². The zero-order chi connectivity index (χ0) is 22.8. The van der Waals surface area contributed by atoms with Crippen LogP contribution in [0.5, 0.6) is 17.5 Å². The standard InChI is InChI=1S/C19H23F3N4O4Si/c1-25-15-11-23-17(29-13-6-5-7-14(10-13)30-19(20,21)22)24-16(15)26(18(25)27)12-28-8-9-31(2,3)4/h5-7,10-11H,8-9,12H2,1-4H3. The van der Waals surface area contributed by atoms with E-state index >= 15 is 0 Å². The number of rotatable bonds is 8. The number of ether oxygens (including phenoxy) is 3. The van der Waals surface area contributed by atoms with Crippen molar-refractivity contribution in [2.24, 2.45) is 7.05 Å². The van der Waals surface area contributed by atoms with Crippen LogP contribution in [0.2, 0.25) is 25.7 Å². The third kappa shape index (κ3) is 6.07. The molecule has 0 saturated carbocycles. The number of halogens is 3. The van der Waals surface area contributed by atoms with Crippen molar-refractivity contribution in [1.29, 1.82) is 0 Å². The third-order valence-corrected chi connectivity index (χ3v) is 6.03. The second kappa shape index (κ2) is 8.71. The number of hydrogen-bond acceptors (Lipinski definition) is 6. The molecule has 0 fully saturated rings. The van der Waals surface area contributed by atoms with Gasteiger partial charge in [0.25, 0.3) is 0 Å². The Hall–Kier alpha value is -2.86. The Labute approximate surface area is 177 Å². The van der Waals surface area contributed by atoms with E-state index in [9.17, 15) is 18.0 Å². The van der Waals surface area contributed by atoms with E-state index < -0.39 is 20.2 Å². The van der Waals surface area contributed by atoms with E-state index in [4.69, 9.17) is 9.47 Å². The maximum absolute atomic E-state index is 12.5. The molecule has 8 nitrogen and oxygen atoms in total. The smallest absolute Gasteiger partial charge is 0.424 e. The second-order valence-corrected chi connectivity index (χ2v) is 13.7. The molecular formula is C19H23F3N4O4Si. The fourth-order valence-electron chi connectivity index (χ4n) is 2.70. The average molecular weight is 456 g/mol. The van der Waals surface area contributed by atoms with Crippen molar-refractivity contribution >= 4 is 19.2 Å². The SMILES string of the molecule is Cn1c(=O)n(COCC[Si](C)(C)C)c2nc(Oc3cccc(OC(F)(F)F)c3)ncc21. The lowest BCUT2D eigenvalue weighted by molar-refractivity contribution is -0.274. The van der Waals surface area contributed by atoms with Gasteiger partial charge in [0, 0.05) is 27.8 Å². The van der Waals surface area contributed by atoms with Gasteiger partial charge in [-0.25, -0.2) is 9.78 Å². The van der Waals surface area contributed by atoms with Crippen molar-refractivity contribution in [3.8, 4) is 17.5 Å². The molecule has 0 aliphatic carbocycles. The number of aryl methyl sites for hydroxylation is 1. The van der Waals surface area contributed by atoms with E-state index in [2.05, 4.69) is 34.3 Å². The first-order chi connectivity index (χ1) is 14.4. The molecular weight excluding hydrogens is 433 g/mol. The van der Waals surface area contributed by atoms with Crippen molar-refractivity contribution < 1.29 is 27.4 Å². The molecule has 31 heavy (non-hydrogen) atoms. The molecule has 0 amide bonds. The van der Waals surface area contributed by atoms with E-state index in [0.717, 1.165) is 18.2 Å². The van der Waals surface area contributed by atoms with Crippen LogP contribution in [0.4, 0.5) is 13.2 Å². The van der Waals surface area contributed by atoms with E-state index in [0.29, 0.717) is 17.8 Å². The van der Waals surface area contributed by atoms with Gasteiger partial charge in [-0.05, 0) is 18.2 Å². The summed E-state index contributed by atoms with van der Waals surface area (Å²) in [6.07, 6.45) is -3.41. The van der Waals surface area contributed by atoms with Gasteiger partial charge < -0.3 is 14.2 Å². The summed E-state index contributed by atoms with van der Waals surface area (Å²) in [6.45, 7) is 7.23. The van der Waals surface area contributed by atoms with Crippen LogP contribution in [-0.2, 0) is 18.5 Å². The summed E-state index contributed by atoms with van der Waals surface area (Å²) in [4.78, 5) is 20.9. The van der Waals surface area contributed by atoms with Crippen molar-refractivity contribution in [1.82, 2.24) is 19.1 Å². The Bertz CT molecular complexity index is 1120. The van der Waals surface area contributed by atoms with Gasteiger partial charge in [0.05, 0.1) is 6.20 Å². The molecule has 0 saturated heterocycles. The minimum absolute atomic E-state index is 0.0199. The third-order valence-electron chi connectivity index (χ3n) is 4.33. The summed E-state index contributed by atoms with van der Waals surface area (Å²) in [6, 6.07) is 5.83. The second-order valence-electron chi connectivity index (χ2n) is 8.10. The zero-order valence-electron chi connectivity index (χ0n) is 17.6. The molecule has 0 aliphatic rings. The fourth-order valence-corrected chi connectivity index (χ4v) is 3.46. The van der Waals surface area contributed by atoms with Crippen LogP contribution in [0.3, 0.4) is 0 Å². The summed E-state index contributed by atoms with van der Waals surface area (Å²) in [5.41, 5.74) is 0.448. The van der Waals surface area contributed by atoms with Gasteiger partial charge in [-0.15, -0.1) is 13.2 Å². The summed E-state index contributed by atoms with van der Waals surface area (Å²) >= 11 is 0. The maximum Gasteiger partial charge on any atom is 0.573 e. The van der Waals surface area contributed by atoms with Gasteiger partial charge in [-0.2, -0.15) is 4.98 Å². The largest absolute Gasteiger partial charge is 0.573 e. The summed E-state index contributed by atoms with van der Waals surface area (Å²) in [7, 11) is 0.315. The molecule has 168 valence electrons. The van der Waals surface area contributed by atoms with Crippen molar-refractivity contribution in [3.63, 3.8) is 0 Å². The van der Waals surface area contributed by atoms with Gasteiger partial charge in [0.1, 0.15) is 23.7 Å². The highest BCUT2D eigenvalue weighted by atomic mass is 28.3. The van der Waals surface area contributed by atoms with E-state index in [1.165, 1.54) is 27.5 Å². The lowest BCUT2D eigenvalue weighted by Gasteiger charge is -2.15. The summed E-state index contributed by atoms with van der Waals surface area (Å²) in [5.74, 6) is -0.379. The van der Waals surface area contributed by atoms with Crippen LogP contribution < -0.4 is 15.2 Å². The molecule has 3 aromatic rings. The molecule has 0 bridgehead atoms. The van der Waals surface area contributed by atoms with Crippen molar-refractivity contribution in [2.75, 3.05) is 6.61 Å². The lowest BCUT2D eigenvalue weighted by atomic mass is 10.3. The molecule has 1 aromatic carbocycles. The quantitative estimate of drug-likeness (QED) is 0.375. The summed E-state index contributed by atoms with van der Waals surface area (Å²) < 4.78 is 55.1. The van der Waals surface area contributed by atoms with Crippen LogP contribution >= 0.6 is 0 Å². The Kier molecular flexibility index (Phi) is 6.41. The van der Waals surface area contributed by atoms with Gasteiger partial charge >= 0.3 is 18.1 Å². The van der Waals surface area contributed by atoms with Crippen LogP contribution in [-0.4, -0.2) is 40.1 Å². The number of benzene rings is 1. The first-order valence-corrected chi connectivity index (χ1v) is 13.2. The molecule has 3 rings (SSSR count). The first kappa shape index (κ1) is 22.8. The molecule has 12 heteroatoms. The number of nitrogens with zero attached hydrogens (tertiary/aromatic N) is 4. The van der Waals surface area contributed by atoms with Crippen LogP contribution in [0.15, 0.2) is 35.3 Å². The maximum atomic E-state index is 12.5. The average Bonchev–Trinajstić information content (AvgIpc) is 2.87. The van der Waals surface area contributed by atoms with Crippen LogP contribution in [0, 0.1) is 0 Å². The molecule has 0 radical (unpaired) electrons. The van der Waals surface area contributed by atoms with E-state index in [1.54, 1.807) is 7.05 Å². The zero-order valence-corrected chi connectivity index (χ0v) is 18.6. The van der Waals surface area contributed by atoms with E-state index in [1.807, 2.05) is 0 Å². The Balaban J connectivity index is 1.82. The molecule has 0 atom stereocenters. The Morgan fingerprint density at radius 1 is 1.16 bits per heavy atom. The summed E-state index contributed by atoms with van der Waals surface area (Å²) in [5, 5.41) is 0. The fraction of sp³-hybridized carbons (Fsp3) is 0.421. The van der Waals surface area contributed by atoms with Crippen molar-refractivity contribution in [3.05, 3.63) is 40.9 Å². The highest BCUT2D eigenvalue weighted by Crippen LogP contribution is 2.28. The van der Waals surface area contributed by atoms with Crippen molar-refractivity contribution in [2.45, 2.75) is 38.8 Å². The van der Waals surface area contributed by atoms with Crippen LogP contribution in [0.25, 0.3) is 11.2 Å². The van der Waals surface area contributed by atoms with E-state index in [-0.39, 0.29) is 24.2 Å². The monoisotopic (exact) mass is 456 g/mol. The van der Waals surface area contributed by atoms with Gasteiger partial charge in [0.15, 0.2) is 5.65 Å². The highest BCUT2D eigenvalue weighted by Gasteiger charge is 2.31. The molecule has 0 unspecified atom stereocenters. The predicted octanol–water partition coefficient (Wildman–Crippen LogP) is 4.13. The minimum atomic E-state index is -4.82. The number of alkyl halides is 3. The Morgan fingerprint density at radius 2 is 1.87 bits per heavy atom. The number of imidazole rings is 1. The van der Waals surface area contributed by atoms with Crippen LogP contribution in [0.1, 0.15) is 0 Å². The number of fused-ring (bicyclic) bond motifs is 1. The lowest BCUT2D eigenvalue weighted by Crippen LogP contribution is -2.25. The number of hydrogen-bond donors (Lipinski definition) is 0. The molecule has 0 aliphatic heterocycles. The minimum Gasteiger partial charge on any atom is -0.424 e. The predicted molar refractivity (Wildman–Crippen MR) is 110 cm³/mol. The van der Waals surface area contributed by atoms with Gasteiger partial charge in [-0.1, -0.05) is 25.7 Å². The first-order valence-electron chi connectivity index (χ1n) is 9.47. The molecule has 0 N–H and O–H groups in total. The molecule has 2 aromatic heterocycles. The molecule has 0 spiro atoms. The number of aromatic nitrogens is 4. The highest BCUT2D eigenvalue weighted by molar-refractivity contribution is 6.76. The van der Waals surface area contributed by atoms with Gasteiger partial charge in [0.2, 0.25) is 0 Å². The molecule has 2 heterocycles. The topological polar surface area (TPSA) is 80.4 Å². The Morgan fingerprint density at radius 3 is 2.55 bits per heavy atom. The normalized spacial score (nSPS) is 12.4.